The van der Waals surface area contributed by atoms with Gasteiger partial charge in [-0.05, 0) is 18.2 Å². The Hall–Kier alpha value is -1.64. The molecule has 0 aromatic heterocycles. The lowest BCUT2D eigenvalue weighted by Gasteiger charge is -2.11. The number of hydrogen-bond acceptors (Lipinski definition) is 2. The molecule has 0 aliphatic rings. The van der Waals surface area contributed by atoms with E-state index >= 15 is 0 Å². The summed E-state index contributed by atoms with van der Waals surface area (Å²) >= 11 is 3.04. The summed E-state index contributed by atoms with van der Waals surface area (Å²) in [4.78, 5) is 0. The van der Waals surface area contributed by atoms with Gasteiger partial charge in [0.05, 0.1) is 5.69 Å². The van der Waals surface area contributed by atoms with Gasteiger partial charge in [-0.15, -0.1) is 0 Å². The predicted octanol–water partition coefficient (Wildman–Crippen LogP) is 3.33. The van der Waals surface area contributed by atoms with Crippen LogP contribution < -0.4 is 10.8 Å². The van der Waals surface area contributed by atoms with E-state index in [4.69, 9.17) is 5.21 Å². The maximum Gasteiger partial charge on any atom is 0.224 e. The molecule has 0 heterocycles. The van der Waals surface area contributed by atoms with Gasteiger partial charge in [0.2, 0.25) is 5.69 Å². The number of benzene rings is 2. The highest BCUT2D eigenvalue weighted by Gasteiger charge is 2.23. The summed E-state index contributed by atoms with van der Waals surface area (Å²) in [6.07, 6.45) is 0. The van der Waals surface area contributed by atoms with Gasteiger partial charge in [-0.1, -0.05) is 15.9 Å². The second-order valence-electron chi connectivity index (χ2n) is 3.82. The zero-order valence-corrected chi connectivity index (χ0v) is 11.3. The van der Waals surface area contributed by atoms with Crippen LogP contribution in [0.2, 0.25) is 0 Å². The van der Waals surface area contributed by atoms with Crippen LogP contribution in [0.1, 0.15) is 0 Å². The summed E-state index contributed by atoms with van der Waals surface area (Å²) < 4.78 is 54.3. The monoisotopic (exact) mass is 351 g/mol. The highest BCUT2D eigenvalue weighted by molar-refractivity contribution is 9.10. The number of quaternary nitrogens is 1. The van der Waals surface area contributed by atoms with Gasteiger partial charge in [0.15, 0.2) is 17.5 Å². The molecule has 8 heteroatoms. The maximum absolute atomic E-state index is 13.7. The Morgan fingerprint density at radius 3 is 2.30 bits per heavy atom. The van der Waals surface area contributed by atoms with Crippen LogP contribution in [0.25, 0.3) is 0 Å². The average molecular weight is 352 g/mol. The molecule has 2 aromatic carbocycles. The fourth-order valence-corrected chi connectivity index (χ4v) is 1.92. The number of anilines is 2. The SMILES string of the molecule is O[NH2+]c1c(F)cc(F)c(F)c1Nc1ccc(Br)cc1F. The second-order valence-corrected chi connectivity index (χ2v) is 4.74. The summed E-state index contributed by atoms with van der Waals surface area (Å²) in [6.45, 7) is 0. The molecule has 2 aromatic rings. The van der Waals surface area contributed by atoms with Crippen LogP contribution in [-0.4, -0.2) is 5.21 Å². The van der Waals surface area contributed by atoms with Gasteiger partial charge in [0, 0.05) is 10.5 Å². The minimum absolute atomic E-state index is 0.194. The Bertz CT molecular complexity index is 666. The molecule has 0 unspecified atom stereocenters. The van der Waals surface area contributed by atoms with Crippen LogP contribution >= 0.6 is 15.9 Å². The molecular weight excluding hydrogens is 344 g/mol. The van der Waals surface area contributed by atoms with Crippen molar-refractivity contribution in [2.24, 2.45) is 0 Å². The third-order valence-electron chi connectivity index (χ3n) is 2.53. The van der Waals surface area contributed by atoms with Crippen molar-refractivity contribution >= 4 is 33.0 Å². The van der Waals surface area contributed by atoms with Crippen molar-refractivity contribution in [2.75, 3.05) is 5.32 Å². The summed E-state index contributed by atoms with van der Waals surface area (Å²) in [6, 6.07) is 4.10. The van der Waals surface area contributed by atoms with Gasteiger partial charge >= 0.3 is 0 Å². The lowest BCUT2D eigenvalue weighted by Crippen LogP contribution is -2.74. The molecule has 0 atom stereocenters. The van der Waals surface area contributed by atoms with E-state index in [-0.39, 0.29) is 11.2 Å². The molecule has 0 amide bonds. The largest absolute Gasteiger partial charge is 0.346 e. The summed E-state index contributed by atoms with van der Waals surface area (Å²) in [5, 5.41) is 11.1. The van der Waals surface area contributed by atoms with E-state index in [0.29, 0.717) is 10.5 Å². The third-order valence-corrected chi connectivity index (χ3v) is 3.02. The van der Waals surface area contributed by atoms with Crippen molar-refractivity contribution in [1.82, 2.24) is 0 Å². The topological polar surface area (TPSA) is 48.9 Å². The van der Waals surface area contributed by atoms with Crippen LogP contribution in [0.3, 0.4) is 0 Å². The van der Waals surface area contributed by atoms with Gasteiger partial charge in [0.25, 0.3) is 0 Å². The zero-order valence-electron chi connectivity index (χ0n) is 9.72. The number of nitrogens with one attached hydrogen (secondary N) is 1. The molecule has 0 radical (unpaired) electrons. The first-order valence-electron chi connectivity index (χ1n) is 5.31. The molecule has 0 fully saturated rings. The van der Waals surface area contributed by atoms with E-state index in [9.17, 15) is 17.6 Å². The molecule has 0 spiro atoms. The van der Waals surface area contributed by atoms with E-state index < -0.39 is 34.6 Å². The van der Waals surface area contributed by atoms with Crippen molar-refractivity contribution in [3.05, 3.63) is 52.0 Å². The second kappa shape index (κ2) is 5.78. The first-order chi connectivity index (χ1) is 9.43. The third kappa shape index (κ3) is 2.77. The average Bonchev–Trinajstić information content (AvgIpc) is 2.38. The first kappa shape index (κ1) is 14.8. The Morgan fingerprint density at radius 2 is 1.70 bits per heavy atom. The fraction of sp³-hybridized carbons (Fsp3) is 0. The molecule has 0 saturated heterocycles. The van der Waals surface area contributed by atoms with E-state index in [0.717, 1.165) is 6.07 Å². The lowest BCUT2D eigenvalue weighted by molar-refractivity contribution is -0.826. The van der Waals surface area contributed by atoms with Gasteiger partial charge in [-0.2, -0.15) is 5.48 Å². The lowest BCUT2D eigenvalue weighted by atomic mass is 10.2. The molecule has 3 nitrogen and oxygen atoms in total. The van der Waals surface area contributed by atoms with Gasteiger partial charge in [-0.25, -0.2) is 22.8 Å². The van der Waals surface area contributed by atoms with Crippen LogP contribution in [-0.2, 0) is 0 Å². The van der Waals surface area contributed by atoms with Gasteiger partial charge < -0.3 is 5.32 Å². The highest BCUT2D eigenvalue weighted by atomic mass is 79.9. The minimum atomic E-state index is -1.45. The molecule has 106 valence electrons. The Labute approximate surface area is 119 Å². The standard InChI is InChI=1S/C12H7BrF4N2O/c13-5-1-2-9(6(14)3-5)18-12-10(17)7(15)4-8(16)11(12)19-20/h1-4,18-20H/p+1. The summed E-state index contributed by atoms with van der Waals surface area (Å²) in [7, 11) is 0. The van der Waals surface area contributed by atoms with Crippen LogP contribution in [0.15, 0.2) is 28.7 Å². The molecular formula is C12H8BrF4N2O+. The molecule has 0 aliphatic carbocycles. The predicted molar refractivity (Wildman–Crippen MR) is 67.1 cm³/mol. The van der Waals surface area contributed by atoms with Crippen molar-refractivity contribution < 1.29 is 28.2 Å². The van der Waals surface area contributed by atoms with Gasteiger partial charge in [-0.3, -0.25) is 0 Å². The molecule has 4 N–H and O–H groups in total. The minimum Gasteiger partial charge on any atom is -0.346 e. The zero-order chi connectivity index (χ0) is 14.9. The molecule has 2 rings (SSSR count). The molecule has 0 aliphatic heterocycles. The normalized spacial score (nSPS) is 10.7. The number of halogens is 5. The Morgan fingerprint density at radius 1 is 1.00 bits per heavy atom. The number of nitrogens with two attached hydrogens (primary N) is 1. The number of rotatable bonds is 3. The fourth-order valence-electron chi connectivity index (χ4n) is 1.58. The van der Waals surface area contributed by atoms with E-state index in [1.54, 1.807) is 0 Å². The first-order valence-corrected chi connectivity index (χ1v) is 6.10. The smallest absolute Gasteiger partial charge is 0.224 e. The quantitative estimate of drug-likeness (QED) is 0.344. The summed E-state index contributed by atoms with van der Waals surface area (Å²) in [5.74, 6) is -4.80. The number of hydrogen-bond donors (Lipinski definition) is 3. The van der Waals surface area contributed by atoms with Crippen LogP contribution in [0.5, 0.6) is 0 Å². The van der Waals surface area contributed by atoms with E-state index in [1.165, 1.54) is 12.1 Å². The highest BCUT2D eigenvalue weighted by Crippen LogP contribution is 2.31. The van der Waals surface area contributed by atoms with Crippen LogP contribution in [0.4, 0.5) is 34.6 Å². The van der Waals surface area contributed by atoms with Crippen molar-refractivity contribution in [1.29, 1.82) is 0 Å². The van der Waals surface area contributed by atoms with E-state index in [1.807, 2.05) is 0 Å². The van der Waals surface area contributed by atoms with E-state index in [2.05, 4.69) is 21.2 Å². The molecule has 0 bridgehead atoms. The molecule has 0 saturated carbocycles. The van der Waals surface area contributed by atoms with Crippen molar-refractivity contribution in [3.63, 3.8) is 0 Å². The Balaban J connectivity index is 2.52. The van der Waals surface area contributed by atoms with Crippen LogP contribution in [0, 0.1) is 23.3 Å². The maximum atomic E-state index is 13.7. The van der Waals surface area contributed by atoms with Crippen molar-refractivity contribution in [3.8, 4) is 0 Å². The molecule has 20 heavy (non-hydrogen) atoms. The Kier molecular flexibility index (Phi) is 4.26. The summed E-state index contributed by atoms with van der Waals surface area (Å²) in [5.41, 5.74) is -1.21. The van der Waals surface area contributed by atoms with Gasteiger partial charge in [0.1, 0.15) is 11.5 Å². The van der Waals surface area contributed by atoms with Crippen molar-refractivity contribution in [2.45, 2.75) is 0 Å².